The Hall–Kier alpha value is -2.11. The van der Waals surface area contributed by atoms with Gasteiger partial charge in [0.1, 0.15) is 0 Å². The number of rotatable bonds is 19. The van der Waals surface area contributed by atoms with E-state index in [1.807, 2.05) is 11.8 Å². The molecule has 3 amide bonds. The van der Waals surface area contributed by atoms with Crippen LogP contribution in [0.15, 0.2) is 0 Å². The van der Waals surface area contributed by atoms with Gasteiger partial charge in [-0.3, -0.25) is 9.59 Å². The molecule has 0 saturated carbocycles. The molecule has 37 heavy (non-hydrogen) atoms. The van der Waals surface area contributed by atoms with Crippen LogP contribution in [0, 0.1) is 11.3 Å². The van der Waals surface area contributed by atoms with Gasteiger partial charge in [0, 0.05) is 30.3 Å². The second kappa shape index (κ2) is 18.2. The zero-order chi connectivity index (χ0) is 26.3. The van der Waals surface area contributed by atoms with Crippen molar-refractivity contribution in [3.05, 3.63) is 5.32 Å². The van der Waals surface area contributed by atoms with Crippen molar-refractivity contribution < 1.29 is 18.6 Å². The van der Waals surface area contributed by atoms with Crippen LogP contribution in [0.1, 0.15) is 85.5 Å². The summed E-state index contributed by atoms with van der Waals surface area (Å²) in [4.78, 5) is 23.5. The first-order chi connectivity index (χ1) is 17.3. The molecule has 2 unspecified atom stereocenters. The van der Waals surface area contributed by atoms with Gasteiger partial charge >= 0.3 is 0 Å². The van der Waals surface area contributed by atoms with Gasteiger partial charge in [0.15, 0.2) is 6.03 Å². The Balaban J connectivity index is 0.00000684. The fourth-order valence-corrected chi connectivity index (χ4v) is 7.71. The van der Waals surface area contributed by atoms with Crippen LogP contribution in [-0.2, 0) is 13.8 Å². The van der Waals surface area contributed by atoms with Crippen molar-refractivity contribution in [2.45, 2.75) is 115 Å². The number of carbonyl (C=O) groups excluding carboxylic acids is 2. The van der Waals surface area contributed by atoms with Crippen molar-refractivity contribution in [3.8, 4) is 6.07 Å². The molecule has 2 saturated heterocycles. The van der Waals surface area contributed by atoms with Gasteiger partial charge in [-0.15, -0.1) is 0 Å². The average Bonchev–Trinajstić information content (AvgIpc) is 3.37. The summed E-state index contributed by atoms with van der Waals surface area (Å²) in [5.41, 5.74) is 0. The molecule has 0 spiro atoms. The molecule has 2 aliphatic heterocycles. The summed E-state index contributed by atoms with van der Waals surface area (Å²) in [5, 5.41) is 19.3. The Morgan fingerprint density at radius 1 is 1.16 bits per heavy atom. The minimum absolute atomic E-state index is 0. The van der Waals surface area contributed by atoms with Crippen molar-refractivity contribution in [3.63, 3.8) is 0 Å². The van der Waals surface area contributed by atoms with Crippen molar-refractivity contribution in [2.75, 3.05) is 25.5 Å². The number of amides is 3. The molecule has 4 atom stereocenters. The SMILES string of the molecule is CC(C)N(C(C)C)P(OCCC#N)OCCCCCCNC(=O)CCCCC1SC[C@@H]2[N-]C(=O)N[C@H]12.[Rf]. The molecule has 2 fully saturated rings. The third-order valence-corrected chi connectivity index (χ3v) is 9.87. The summed E-state index contributed by atoms with van der Waals surface area (Å²) < 4.78 is 14.3. The van der Waals surface area contributed by atoms with Crippen LogP contribution in [0.2, 0.25) is 0 Å². The van der Waals surface area contributed by atoms with E-state index in [1.165, 1.54) is 0 Å². The number of nitrogens with zero attached hydrogens (tertiary/aromatic N) is 3. The summed E-state index contributed by atoms with van der Waals surface area (Å²) in [6.07, 6.45) is 7.85. The molecule has 2 aliphatic rings. The molecule has 0 bridgehead atoms. The molecule has 0 radical (unpaired) electrons. The number of nitriles is 1. The summed E-state index contributed by atoms with van der Waals surface area (Å²) in [6, 6.07) is 2.90. The topological polar surface area (TPSA) is 118 Å². The van der Waals surface area contributed by atoms with Gasteiger partial charge in [-0.2, -0.15) is 17.0 Å². The number of fused-ring (bicyclic) bond motifs is 1. The van der Waals surface area contributed by atoms with E-state index in [-0.39, 0.29) is 24.0 Å². The van der Waals surface area contributed by atoms with Gasteiger partial charge < -0.3 is 25.0 Å². The molecule has 2 heterocycles. The third kappa shape index (κ3) is 11.9. The van der Waals surface area contributed by atoms with Crippen molar-refractivity contribution in [2.24, 2.45) is 0 Å². The fourth-order valence-electron chi connectivity index (χ4n) is 4.56. The molecular formula is C25H45N5O4PRfS-. The average molecular weight is 810 g/mol. The molecule has 9 nitrogen and oxygen atoms in total. The maximum Gasteiger partial charge on any atom is 0.259 e. The van der Waals surface area contributed by atoms with Crippen molar-refractivity contribution >= 4 is 32.2 Å². The summed E-state index contributed by atoms with van der Waals surface area (Å²) in [6.45, 7) is 10.3. The maximum atomic E-state index is 12.1. The Bertz CT molecular complexity index is 707. The van der Waals surface area contributed by atoms with E-state index in [9.17, 15) is 9.59 Å². The van der Waals surface area contributed by atoms with Gasteiger partial charge in [0.25, 0.3) is 8.53 Å². The predicted molar refractivity (Wildman–Crippen MR) is 147 cm³/mol. The second-order valence-electron chi connectivity index (χ2n) is 9.93. The maximum absolute atomic E-state index is 12.1. The molecule has 0 aromatic carbocycles. The van der Waals surface area contributed by atoms with E-state index >= 15 is 0 Å². The molecule has 12 heteroatoms. The number of hydrogen-bond donors (Lipinski definition) is 2. The van der Waals surface area contributed by atoms with Gasteiger partial charge in [-0.05, 0) is 71.2 Å². The number of hydrogen-bond acceptors (Lipinski definition) is 7. The largest absolute Gasteiger partial charge is 0.445 e. The smallest absolute Gasteiger partial charge is 0.259 e. The Morgan fingerprint density at radius 3 is 2.57 bits per heavy atom. The summed E-state index contributed by atoms with van der Waals surface area (Å²) >= 11 is 1.89. The zero-order valence-corrected chi connectivity index (χ0v) is 31.2. The van der Waals surface area contributed by atoms with Crippen molar-refractivity contribution in [1.82, 2.24) is 15.3 Å². The normalized spacial score (nSPS) is 21.4. The van der Waals surface area contributed by atoms with Crippen LogP contribution >= 0.6 is 20.3 Å². The first-order valence-electron chi connectivity index (χ1n) is 13.4. The minimum atomic E-state index is -1.17. The van der Waals surface area contributed by atoms with E-state index < -0.39 is 8.53 Å². The van der Waals surface area contributed by atoms with E-state index in [0.29, 0.717) is 49.9 Å². The first-order valence-corrected chi connectivity index (χ1v) is 15.6. The standard InChI is InChI=1S/C25H46N5O4PS.Rf/c1-19(2)30(20(3)4)35(34-17-11-14-26)33-16-10-6-5-9-15-27-23(31)13-8-7-12-22-24-21(18-36-22)28-25(32)29-24;/h19-22,24H,5-13,15-18H2,1-4H3,(H3,27,28,29,31,32);/p-1/t21-,22?,24-,35?;/m0./s1. The van der Waals surface area contributed by atoms with Crippen LogP contribution in [0.25, 0.3) is 5.32 Å². The van der Waals surface area contributed by atoms with Gasteiger partial charge in [0.05, 0.1) is 25.7 Å². The van der Waals surface area contributed by atoms with Crippen molar-refractivity contribution in [1.29, 1.82) is 5.26 Å². The molecule has 0 aromatic heterocycles. The van der Waals surface area contributed by atoms with Crippen LogP contribution < -0.4 is 10.6 Å². The van der Waals surface area contributed by atoms with E-state index in [0.717, 1.165) is 50.7 Å². The zero-order valence-electron chi connectivity index (χ0n) is 23.1. The quantitative estimate of drug-likeness (QED) is 0.101. The minimum Gasteiger partial charge on any atom is -0.445 e. The number of carbonyl (C=O) groups is 2. The van der Waals surface area contributed by atoms with Crippen LogP contribution in [0.3, 0.4) is 0 Å². The number of urea groups is 1. The van der Waals surface area contributed by atoms with E-state index in [1.54, 1.807) is 0 Å². The van der Waals surface area contributed by atoms with Crippen LogP contribution in [-0.4, -0.2) is 71.5 Å². The molecular weight excluding hydrogens is 764 g/mol. The second-order valence-corrected chi connectivity index (χ2v) is 12.7. The van der Waals surface area contributed by atoms with Crippen LogP contribution in [0.4, 0.5) is 4.79 Å². The summed E-state index contributed by atoms with van der Waals surface area (Å²) in [7, 11) is -1.17. The molecule has 0 aliphatic carbocycles. The Kier molecular flexibility index (Phi) is 16.2. The Labute approximate surface area is 223 Å². The number of unbranched alkanes of at least 4 members (excludes halogenated alkanes) is 4. The summed E-state index contributed by atoms with van der Waals surface area (Å²) in [5.74, 6) is 1.05. The number of nitrogens with one attached hydrogen (secondary N) is 2. The molecule has 2 N–H and O–H groups in total. The number of thioether (sulfide) groups is 1. The van der Waals surface area contributed by atoms with E-state index in [4.69, 9.17) is 14.3 Å². The van der Waals surface area contributed by atoms with Gasteiger partial charge in [-0.1, -0.05) is 19.3 Å². The molecule has 2 rings (SSSR count). The molecule has 0 aromatic rings. The molecule has 208 valence electrons. The van der Waals surface area contributed by atoms with Crippen LogP contribution in [0.5, 0.6) is 0 Å². The monoisotopic (exact) mass is 809 g/mol. The van der Waals surface area contributed by atoms with Gasteiger partial charge in [-0.25, -0.2) is 4.67 Å². The van der Waals surface area contributed by atoms with E-state index in [2.05, 4.69) is 54.4 Å². The third-order valence-electron chi connectivity index (χ3n) is 6.27. The predicted octanol–water partition coefficient (Wildman–Crippen LogP) is 5.47. The first kappa shape index (κ1) is 32.9. The fraction of sp³-hybridized carbons (Fsp3) is 0.880. The van der Waals surface area contributed by atoms with Gasteiger partial charge in [0.2, 0.25) is 5.91 Å². The Morgan fingerprint density at radius 2 is 1.86 bits per heavy atom.